The van der Waals surface area contributed by atoms with Gasteiger partial charge in [0.05, 0.1) is 6.61 Å². The molecule has 0 spiro atoms. The van der Waals surface area contributed by atoms with E-state index in [2.05, 4.69) is 29.0 Å². The lowest BCUT2D eigenvalue weighted by molar-refractivity contribution is 0.202. The summed E-state index contributed by atoms with van der Waals surface area (Å²) < 4.78 is 5.25. The van der Waals surface area contributed by atoms with E-state index in [1.807, 2.05) is 17.5 Å². The number of aromatic nitrogens is 1. The van der Waals surface area contributed by atoms with Gasteiger partial charge in [-0.1, -0.05) is 13.8 Å². The zero-order valence-corrected chi connectivity index (χ0v) is 13.7. The Kier molecular flexibility index (Phi) is 6.26. The average Bonchev–Trinajstić information content (AvgIpc) is 3.19. The van der Waals surface area contributed by atoms with E-state index in [1.54, 1.807) is 7.11 Å². The van der Waals surface area contributed by atoms with Crippen LogP contribution in [0.25, 0.3) is 0 Å². The van der Waals surface area contributed by atoms with Crippen molar-refractivity contribution < 1.29 is 4.74 Å². The van der Waals surface area contributed by atoms with Gasteiger partial charge in [0.1, 0.15) is 0 Å². The molecule has 2 rings (SSSR count). The van der Waals surface area contributed by atoms with Gasteiger partial charge in [-0.15, -0.1) is 11.3 Å². The fourth-order valence-electron chi connectivity index (χ4n) is 2.40. The topological polar surface area (TPSA) is 37.4 Å². The Morgan fingerprint density at radius 1 is 1.45 bits per heavy atom. The zero-order chi connectivity index (χ0) is 14.4. The minimum Gasteiger partial charge on any atom is -0.383 e. The molecular weight excluding hydrogens is 270 g/mol. The lowest BCUT2D eigenvalue weighted by Gasteiger charge is -2.29. The van der Waals surface area contributed by atoms with Gasteiger partial charge >= 0.3 is 0 Å². The first kappa shape index (κ1) is 15.7. The zero-order valence-electron chi connectivity index (χ0n) is 12.9. The molecule has 1 saturated carbocycles. The number of thiazole rings is 1. The lowest BCUT2D eigenvalue weighted by atomic mass is 10.1. The quantitative estimate of drug-likeness (QED) is 0.720. The predicted molar refractivity (Wildman–Crippen MR) is 85.6 cm³/mol. The maximum Gasteiger partial charge on any atom is 0.185 e. The van der Waals surface area contributed by atoms with Crippen molar-refractivity contribution in [3.63, 3.8) is 0 Å². The van der Waals surface area contributed by atoms with E-state index in [1.165, 1.54) is 17.7 Å². The second kappa shape index (κ2) is 7.96. The van der Waals surface area contributed by atoms with E-state index in [0.717, 1.165) is 43.7 Å². The molecule has 1 heterocycles. The molecule has 0 radical (unpaired) electrons. The Bertz CT molecular complexity index is 388. The summed E-state index contributed by atoms with van der Waals surface area (Å²) in [5.41, 5.74) is 0. The van der Waals surface area contributed by atoms with Gasteiger partial charge in [-0.05, 0) is 25.7 Å². The van der Waals surface area contributed by atoms with Gasteiger partial charge in [0.15, 0.2) is 5.13 Å². The Hall–Kier alpha value is -0.650. The molecule has 20 heavy (non-hydrogen) atoms. The molecule has 0 aliphatic heterocycles. The van der Waals surface area contributed by atoms with Crippen LogP contribution >= 0.6 is 11.3 Å². The number of rotatable bonds is 10. The van der Waals surface area contributed by atoms with Gasteiger partial charge in [-0.2, -0.15) is 0 Å². The van der Waals surface area contributed by atoms with Gasteiger partial charge < -0.3 is 15.0 Å². The van der Waals surface area contributed by atoms with Crippen molar-refractivity contribution in [1.82, 2.24) is 10.3 Å². The monoisotopic (exact) mass is 297 g/mol. The molecule has 5 heteroatoms. The molecule has 0 unspecified atom stereocenters. The van der Waals surface area contributed by atoms with Crippen molar-refractivity contribution in [2.45, 2.75) is 58.2 Å². The standard InChI is InChI=1S/C15H27N3OS/c1-4-13(5-2)18(8-9-19-3)15-17-11-14(20-15)10-16-12-6-7-12/h11-13,16H,4-10H2,1-3H3. The number of ether oxygens (including phenoxy) is 1. The third-order valence-corrected chi connectivity index (χ3v) is 4.88. The molecule has 1 fully saturated rings. The van der Waals surface area contributed by atoms with Crippen LogP contribution in [0.3, 0.4) is 0 Å². The first-order valence-electron chi connectivity index (χ1n) is 7.72. The van der Waals surface area contributed by atoms with E-state index in [0.29, 0.717) is 6.04 Å². The van der Waals surface area contributed by atoms with E-state index in [-0.39, 0.29) is 0 Å². The Labute approximate surface area is 126 Å². The van der Waals surface area contributed by atoms with Crippen molar-refractivity contribution in [2.24, 2.45) is 0 Å². The highest BCUT2D eigenvalue weighted by atomic mass is 32.1. The van der Waals surface area contributed by atoms with Crippen LogP contribution in [0.2, 0.25) is 0 Å². The van der Waals surface area contributed by atoms with Crippen LogP contribution in [0.4, 0.5) is 5.13 Å². The second-order valence-corrected chi connectivity index (χ2v) is 6.51. The number of hydrogen-bond acceptors (Lipinski definition) is 5. The van der Waals surface area contributed by atoms with Crippen molar-refractivity contribution >= 4 is 16.5 Å². The number of hydrogen-bond donors (Lipinski definition) is 1. The third-order valence-electron chi connectivity index (χ3n) is 3.85. The van der Waals surface area contributed by atoms with E-state index in [9.17, 15) is 0 Å². The summed E-state index contributed by atoms with van der Waals surface area (Å²) in [5, 5.41) is 4.69. The normalized spacial score (nSPS) is 15.0. The first-order chi connectivity index (χ1) is 9.78. The number of methoxy groups -OCH3 is 1. The van der Waals surface area contributed by atoms with Crippen LogP contribution in [-0.4, -0.2) is 37.3 Å². The van der Waals surface area contributed by atoms with E-state index in [4.69, 9.17) is 4.74 Å². The fraction of sp³-hybridized carbons (Fsp3) is 0.800. The predicted octanol–water partition coefficient (Wildman–Crippen LogP) is 3.04. The summed E-state index contributed by atoms with van der Waals surface area (Å²) in [4.78, 5) is 8.38. The van der Waals surface area contributed by atoms with Gasteiger partial charge in [-0.25, -0.2) is 4.98 Å². The third kappa shape index (κ3) is 4.43. The molecule has 1 aliphatic rings. The average molecular weight is 297 g/mol. The summed E-state index contributed by atoms with van der Waals surface area (Å²) in [5.74, 6) is 0. The van der Waals surface area contributed by atoms with Crippen molar-refractivity contribution in [1.29, 1.82) is 0 Å². The fourth-order valence-corrected chi connectivity index (χ4v) is 3.36. The van der Waals surface area contributed by atoms with Crippen LogP contribution in [0.15, 0.2) is 6.20 Å². The maximum atomic E-state index is 5.25. The summed E-state index contributed by atoms with van der Waals surface area (Å²) >= 11 is 1.82. The van der Waals surface area contributed by atoms with Crippen LogP contribution in [0, 0.1) is 0 Å². The minimum absolute atomic E-state index is 0.556. The minimum atomic E-state index is 0.556. The summed E-state index contributed by atoms with van der Waals surface area (Å²) in [7, 11) is 1.76. The Morgan fingerprint density at radius 2 is 2.20 bits per heavy atom. The SMILES string of the molecule is CCC(CC)N(CCOC)c1ncc(CNC2CC2)s1. The molecule has 0 saturated heterocycles. The smallest absolute Gasteiger partial charge is 0.185 e. The highest BCUT2D eigenvalue weighted by molar-refractivity contribution is 7.15. The Balaban J connectivity index is 1.98. The molecule has 114 valence electrons. The number of nitrogens with one attached hydrogen (secondary N) is 1. The summed E-state index contributed by atoms with van der Waals surface area (Å²) in [6, 6.07) is 1.31. The van der Waals surface area contributed by atoms with Crippen LogP contribution in [0.1, 0.15) is 44.4 Å². The molecular formula is C15H27N3OS. The van der Waals surface area contributed by atoms with Gasteiger partial charge in [0.25, 0.3) is 0 Å². The Morgan fingerprint density at radius 3 is 2.80 bits per heavy atom. The maximum absolute atomic E-state index is 5.25. The molecule has 0 bridgehead atoms. The number of anilines is 1. The van der Waals surface area contributed by atoms with E-state index < -0.39 is 0 Å². The highest BCUT2D eigenvalue weighted by Gasteiger charge is 2.22. The van der Waals surface area contributed by atoms with Crippen LogP contribution in [0.5, 0.6) is 0 Å². The summed E-state index contributed by atoms with van der Waals surface area (Å²) in [6.07, 6.45) is 6.99. The van der Waals surface area contributed by atoms with Gasteiger partial charge in [0, 0.05) is 43.4 Å². The van der Waals surface area contributed by atoms with Crippen LogP contribution in [-0.2, 0) is 11.3 Å². The van der Waals surface area contributed by atoms with Crippen LogP contribution < -0.4 is 10.2 Å². The highest BCUT2D eigenvalue weighted by Crippen LogP contribution is 2.27. The largest absolute Gasteiger partial charge is 0.383 e. The molecule has 0 amide bonds. The number of nitrogens with zero attached hydrogens (tertiary/aromatic N) is 2. The summed E-state index contributed by atoms with van der Waals surface area (Å²) in [6.45, 7) is 7.13. The van der Waals surface area contributed by atoms with Crippen molar-refractivity contribution in [3.8, 4) is 0 Å². The molecule has 0 aromatic carbocycles. The molecule has 1 aromatic heterocycles. The molecule has 4 nitrogen and oxygen atoms in total. The van der Waals surface area contributed by atoms with E-state index >= 15 is 0 Å². The molecule has 1 N–H and O–H groups in total. The molecule has 1 aliphatic carbocycles. The second-order valence-electron chi connectivity index (χ2n) is 5.42. The first-order valence-corrected chi connectivity index (χ1v) is 8.53. The lowest BCUT2D eigenvalue weighted by Crippen LogP contribution is -2.37. The van der Waals surface area contributed by atoms with Crippen molar-refractivity contribution in [2.75, 3.05) is 25.2 Å². The van der Waals surface area contributed by atoms with Gasteiger partial charge in [-0.3, -0.25) is 0 Å². The van der Waals surface area contributed by atoms with Gasteiger partial charge in [0.2, 0.25) is 0 Å². The molecule has 0 atom stereocenters. The molecule has 1 aromatic rings. The van der Waals surface area contributed by atoms with Crippen molar-refractivity contribution in [3.05, 3.63) is 11.1 Å².